The molecule has 102 valence electrons. The van der Waals surface area contributed by atoms with Gasteiger partial charge in [0.25, 0.3) is 0 Å². The molecule has 0 saturated heterocycles. The summed E-state index contributed by atoms with van der Waals surface area (Å²) in [6, 6.07) is 0. The van der Waals surface area contributed by atoms with Crippen molar-refractivity contribution in [3.8, 4) is 0 Å². The molecular weight excluding hydrogens is 247 g/mol. The first-order valence-corrected chi connectivity index (χ1v) is 7.28. The molecule has 0 unspecified atom stereocenters. The highest BCUT2D eigenvalue weighted by Gasteiger charge is 2.03. The van der Waals surface area contributed by atoms with E-state index >= 15 is 0 Å². The standard InChI is InChI=1S/C9H20N2O5P/c10-6-3-1-2-5-9(12)11(13)7-4-8-17(14,15)16/h1-8,10H2,(H2,14,15,16)/q-1/p-2. The first-order valence-electron chi connectivity index (χ1n) is 5.55. The highest BCUT2D eigenvalue weighted by molar-refractivity contribution is 7.48. The SMILES string of the molecule is NCCCCCC(=O)N([O-])CCCP(=O)([O-])[O-]. The minimum absolute atomic E-state index is 0.109. The Kier molecular flexibility index (Phi) is 8.37. The van der Waals surface area contributed by atoms with Gasteiger partial charge in [-0.15, -0.1) is 0 Å². The fourth-order valence-electron chi connectivity index (χ4n) is 1.25. The summed E-state index contributed by atoms with van der Waals surface area (Å²) in [6.45, 7) is 0.307. The highest BCUT2D eigenvalue weighted by Crippen LogP contribution is 2.23. The monoisotopic (exact) mass is 265 g/mol. The maximum absolute atomic E-state index is 11.2. The predicted molar refractivity (Wildman–Crippen MR) is 59.7 cm³/mol. The lowest BCUT2D eigenvalue weighted by Crippen LogP contribution is -2.27. The van der Waals surface area contributed by atoms with E-state index in [0.717, 1.165) is 12.8 Å². The number of hydroxylamine groups is 2. The van der Waals surface area contributed by atoms with E-state index in [2.05, 4.69) is 0 Å². The molecule has 17 heavy (non-hydrogen) atoms. The van der Waals surface area contributed by atoms with Crippen molar-refractivity contribution >= 4 is 13.5 Å². The largest absolute Gasteiger partial charge is 0.811 e. The molecule has 0 radical (unpaired) electrons. The van der Waals surface area contributed by atoms with Crippen LogP contribution in [-0.4, -0.2) is 30.2 Å². The van der Waals surface area contributed by atoms with Crippen LogP contribution in [0.1, 0.15) is 32.1 Å². The van der Waals surface area contributed by atoms with Crippen molar-refractivity contribution in [3.63, 3.8) is 0 Å². The van der Waals surface area contributed by atoms with E-state index in [1.807, 2.05) is 0 Å². The van der Waals surface area contributed by atoms with Gasteiger partial charge in [0, 0.05) is 13.0 Å². The number of rotatable bonds is 9. The first-order chi connectivity index (χ1) is 7.87. The molecular formula is C9H18N2O5P-3. The molecule has 0 aliphatic rings. The molecule has 2 N–H and O–H groups in total. The van der Waals surface area contributed by atoms with Gasteiger partial charge in [-0.25, -0.2) is 0 Å². The summed E-state index contributed by atoms with van der Waals surface area (Å²) in [5, 5.41) is 11.4. The number of carbonyl (C=O) groups is 1. The van der Waals surface area contributed by atoms with E-state index in [9.17, 15) is 24.4 Å². The molecule has 0 heterocycles. The fraction of sp³-hybridized carbons (Fsp3) is 0.889. The van der Waals surface area contributed by atoms with Gasteiger partial charge in [-0.3, -0.25) is 4.79 Å². The Morgan fingerprint density at radius 2 is 1.82 bits per heavy atom. The molecule has 7 nitrogen and oxygen atoms in total. The summed E-state index contributed by atoms with van der Waals surface area (Å²) in [5.41, 5.74) is 5.27. The van der Waals surface area contributed by atoms with Crippen molar-refractivity contribution < 1.29 is 19.1 Å². The molecule has 0 bridgehead atoms. The number of nitrogens with two attached hydrogens (primary N) is 1. The lowest BCUT2D eigenvalue weighted by molar-refractivity contribution is -0.313. The second-order valence-corrected chi connectivity index (χ2v) is 5.45. The predicted octanol–water partition coefficient (Wildman–Crippen LogP) is -0.864. The number of hydrogen-bond acceptors (Lipinski definition) is 6. The van der Waals surface area contributed by atoms with Gasteiger partial charge in [0.2, 0.25) is 5.91 Å². The zero-order chi connectivity index (χ0) is 13.3. The van der Waals surface area contributed by atoms with E-state index in [1.165, 1.54) is 0 Å². The van der Waals surface area contributed by atoms with Gasteiger partial charge in [0.1, 0.15) is 0 Å². The third kappa shape index (κ3) is 10.4. The number of unbranched alkanes of at least 4 members (excludes halogenated alkanes) is 2. The van der Waals surface area contributed by atoms with Crippen molar-refractivity contribution in [2.24, 2.45) is 5.73 Å². The second kappa shape index (κ2) is 8.60. The Morgan fingerprint density at radius 3 is 2.35 bits per heavy atom. The van der Waals surface area contributed by atoms with Crippen LogP contribution in [-0.2, 0) is 9.36 Å². The van der Waals surface area contributed by atoms with Crippen LogP contribution in [0.25, 0.3) is 0 Å². The molecule has 0 atom stereocenters. The third-order valence-electron chi connectivity index (χ3n) is 2.17. The first kappa shape index (κ1) is 16.5. The second-order valence-electron chi connectivity index (χ2n) is 3.78. The van der Waals surface area contributed by atoms with Crippen LogP contribution >= 0.6 is 7.60 Å². The zero-order valence-electron chi connectivity index (χ0n) is 9.67. The van der Waals surface area contributed by atoms with Gasteiger partial charge >= 0.3 is 0 Å². The lowest BCUT2D eigenvalue weighted by atomic mass is 10.2. The van der Waals surface area contributed by atoms with Crippen molar-refractivity contribution in [1.29, 1.82) is 0 Å². The summed E-state index contributed by atoms with van der Waals surface area (Å²) in [4.78, 5) is 31.8. The molecule has 1 amide bonds. The van der Waals surface area contributed by atoms with Crippen LogP contribution in [0.15, 0.2) is 0 Å². The topological polar surface area (TPSA) is 133 Å². The molecule has 0 fully saturated rings. The number of carbonyl (C=O) groups excluding carboxylic acids is 1. The van der Waals surface area contributed by atoms with Crippen molar-refractivity contribution in [2.45, 2.75) is 32.1 Å². The summed E-state index contributed by atoms with van der Waals surface area (Å²) >= 11 is 0. The smallest absolute Gasteiger partial charge is 0.212 e. The molecule has 0 aliphatic heterocycles. The van der Waals surface area contributed by atoms with Gasteiger partial charge in [0.15, 0.2) is 0 Å². The number of amides is 1. The fourth-order valence-corrected chi connectivity index (χ4v) is 1.78. The minimum Gasteiger partial charge on any atom is -0.811 e. The van der Waals surface area contributed by atoms with Crippen molar-refractivity contribution in [1.82, 2.24) is 5.06 Å². The third-order valence-corrected chi connectivity index (χ3v) is 3.03. The normalized spacial score (nSPS) is 11.5. The van der Waals surface area contributed by atoms with E-state index in [4.69, 9.17) is 5.73 Å². The van der Waals surface area contributed by atoms with Gasteiger partial charge in [-0.05, 0) is 32.0 Å². The van der Waals surface area contributed by atoms with Crippen LogP contribution in [0, 0.1) is 5.21 Å². The highest BCUT2D eigenvalue weighted by atomic mass is 31.2. The van der Waals surface area contributed by atoms with Gasteiger partial charge < -0.3 is 30.4 Å². The van der Waals surface area contributed by atoms with Crippen LogP contribution in [0.3, 0.4) is 0 Å². The number of nitrogens with zero attached hydrogens (tertiary/aromatic N) is 1. The minimum atomic E-state index is -4.57. The lowest BCUT2D eigenvalue weighted by Gasteiger charge is -2.33. The Hall–Kier alpha value is -0.460. The summed E-state index contributed by atoms with van der Waals surface area (Å²) < 4.78 is 10.3. The van der Waals surface area contributed by atoms with Gasteiger partial charge in [0.05, 0.1) is 0 Å². The Labute approximate surface area is 101 Å². The Bertz CT molecular complexity index is 268. The van der Waals surface area contributed by atoms with Crippen LogP contribution in [0.2, 0.25) is 0 Å². The average molecular weight is 265 g/mol. The molecule has 0 aliphatic carbocycles. The quantitative estimate of drug-likeness (QED) is 0.327. The summed E-state index contributed by atoms with van der Waals surface area (Å²) in [6.07, 6.45) is 1.62. The van der Waals surface area contributed by atoms with E-state index in [0.29, 0.717) is 13.0 Å². The molecule has 0 rings (SSSR count). The molecule has 0 aromatic carbocycles. The molecule has 0 aromatic rings. The number of hydrogen-bond donors (Lipinski definition) is 1. The maximum atomic E-state index is 11.2. The molecule has 0 saturated carbocycles. The van der Waals surface area contributed by atoms with E-state index < -0.39 is 19.7 Å². The average Bonchev–Trinajstić information content (AvgIpc) is 2.22. The van der Waals surface area contributed by atoms with Crippen molar-refractivity contribution in [2.75, 3.05) is 19.3 Å². The Balaban J connectivity index is 3.64. The van der Waals surface area contributed by atoms with E-state index in [1.54, 1.807) is 0 Å². The summed E-state index contributed by atoms with van der Waals surface area (Å²) in [5.74, 6) is -0.575. The van der Waals surface area contributed by atoms with Crippen LogP contribution < -0.4 is 15.5 Å². The van der Waals surface area contributed by atoms with Gasteiger partial charge in [-0.2, -0.15) is 0 Å². The molecule has 0 spiro atoms. The molecule has 8 heteroatoms. The van der Waals surface area contributed by atoms with Crippen LogP contribution in [0.5, 0.6) is 0 Å². The van der Waals surface area contributed by atoms with Crippen molar-refractivity contribution in [3.05, 3.63) is 5.21 Å². The zero-order valence-corrected chi connectivity index (χ0v) is 10.6. The molecule has 0 aromatic heterocycles. The van der Waals surface area contributed by atoms with Crippen LogP contribution in [0.4, 0.5) is 0 Å². The van der Waals surface area contributed by atoms with Gasteiger partial charge in [-0.1, -0.05) is 14.0 Å². The summed E-state index contributed by atoms with van der Waals surface area (Å²) in [7, 11) is -4.57. The Morgan fingerprint density at radius 1 is 1.18 bits per heavy atom. The van der Waals surface area contributed by atoms with E-state index in [-0.39, 0.29) is 24.4 Å². The maximum Gasteiger partial charge on any atom is 0.212 e.